The van der Waals surface area contributed by atoms with Crippen LogP contribution in [0.2, 0.25) is 0 Å². The molecule has 0 bridgehead atoms. The van der Waals surface area contributed by atoms with Crippen LogP contribution in [0, 0.1) is 5.92 Å². The molecule has 1 fully saturated rings. The Bertz CT molecular complexity index is 176. The van der Waals surface area contributed by atoms with E-state index in [2.05, 4.69) is 10.6 Å². The van der Waals surface area contributed by atoms with Crippen LogP contribution in [0.25, 0.3) is 0 Å². The minimum absolute atomic E-state index is 0.00349. The number of ketones is 1. The average Bonchev–Trinajstić information content (AvgIpc) is 2.17. The van der Waals surface area contributed by atoms with Gasteiger partial charge in [-0.15, -0.1) is 0 Å². The predicted molar refractivity (Wildman–Crippen MR) is 50.5 cm³/mol. The lowest BCUT2D eigenvalue weighted by molar-refractivity contribution is -0.131. The molecule has 0 aromatic carbocycles. The van der Waals surface area contributed by atoms with Crippen molar-refractivity contribution in [2.45, 2.75) is 26.0 Å². The molecule has 1 aliphatic rings. The molecule has 1 unspecified atom stereocenters. The average molecular weight is 186 g/mol. The number of piperazine rings is 1. The van der Waals surface area contributed by atoms with E-state index >= 15 is 0 Å². The van der Waals surface area contributed by atoms with Gasteiger partial charge >= 0.3 is 0 Å². The molecule has 1 saturated heterocycles. The van der Waals surface area contributed by atoms with E-state index in [4.69, 9.17) is 0 Å². The van der Waals surface area contributed by atoms with Gasteiger partial charge in [-0.3, -0.25) is 4.79 Å². The molecule has 0 aromatic rings. The summed E-state index contributed by atoms with van der Waals surface area (Å²) in [5.74, 6) is -0.0987. The first-order valence-electron chi connectivity index (χ1n) is 4.79. The number of hydrogen-bond donors (Lipinski definition) is 3. The van der Waals surface area contributed by atoms with E-state index in [1.165, 1.54) is 0 Å². The van der Waals surface area contributed by atoms with Gasteiger partial charge in [0.1, 0.15) is 6.10 Å². The van der Waals surface area contributed by atoms with Crippen LogP contribution in [0.4, 0.5) is 0 Å². The summed E-state index contributed by atoms with van der Waals surface area (Å²) < 4.78 is 0. The highest BCUT2D eigenvalue weighted by molar-refractivity contribution is 5.88. The summed E-state index contributed by atoms with van der Waals surface area (Å²) in [7, 11) is 0. The van der Waals surface area contributed by atoms with Gasteiger partial charge in [-0.1, -0.05) is 13.8 Å². The van der Waals surface area contributed by atoms with Crippen LogP contribution in [0.5, 0.6) is 0 Å². The number of Topliss-reactive ketones (excluding diaryl/α,β-unsaturated/α-hetero) is 1. The van der Waals surface area contributed by atoms with Crippen molar-refractivity contribution in [3.05, 3.63) is 0 Å². The van der Waals surface area contributed by atoms with Crippen molar-refractivity contribution in [2.75, 3.05) is 19.6 Å². The normalized spacial score (nSPS) is 26.0. The number of hydrogen-bond acceptors (Lipinski definition) is 4. The van der Waals surface area contributed by atoms with Crippen LogP contribution in [-0.2, 0) is 4.79 Å². The lowest BCUT2D eigenvalue weighted by Crippen LogP contribution is -2.55. The monoisotopic (exact) mass is 186 g/mol. The predicted octanol–water partition coefficient (Wildman–Crippen LogP) is -0.866. The number of carbonyl (C=O) groups excluding carboxylic acids is 1. The van der Waals surface area contributed by atoms with Crippen molar-refractivity contribution in [3.8, 4) is 0 Å². The zero-order chi connectivity index (χ0) is 9.84. The van der Waals surface area contributed by atoms with Gasteiger partial charge in [0, 0.05) is 19.6 Å². The van der Waals surface area contributed by atoms with Crippen LogP contribution in [0.1, 0.15) is 13.8 Å². The first-order valence-corrected chi connectivity index (χ1v) is 4.79. The Kier molecular flexibility index (Phi) is 3.84. The largest absolute Gasteiger partial charge is 0.385 e. The second-order valence-electron chi connectivity index (χ2n) is 3.80. The lowest BCUT2D eigenvalue weighted by atomic mass is 9.97. The third-order valence-corrected chi connectivity index (χ3v) is 2.31. The van der Waals surface area contributed by atoms with Crippen molar-refractivity contribution in [1.29, 1.82) is 0 Å². The number of aliphatic hydroxyl groups excluding tert-OH is 1. The highest BCUT2D eigenvalue weighted by atomic mass is 16.3. The topological polar surface area (TPSA) is 61.4 Å². The van der Waals surface area contributed by atoms with Crippen LogP contribution in [0.15, 0.2) is 0 Å². The van der Waals surface area contributed by atoms with E-state index in [-0.39, 0.29) is 17.7 Å². The number of rotatable bonds is 3. The van der Waals surface area contributed by atoms with E-state index in [1.807, 2.05) is 13.8 Å². The number of carbonyl (C=O) groups is 1. The maximum Gasteiger partial charge on any atom is 0.179 e. The fourth-order valence-corrected chi connectivity index (χ4v) is 1.39. The Hall–Kier alpha value is -0.450. The molecular formula is C9H18N2O2. The molecule has 1 aliphatic heterocycles. The van der Waals surface area contributed by atoms with E-state index in [1.54, 1.807) is 0 Å². The second kappa shape index (κ2) is 4.69. The molecule has 0 saturated carbocycles. The van der Waals surface area contributed by atoms with Crippen molar-refractivity contribution < 1.29 is 9.90 Å². The maximum absolute atomic E-state index is 11.6. The molecule has 0 spiro atoms. The summed E-state index contributed by atoms with van der Waals surface area (Å²) in [4.78, 5) is 11.6. The number of aliphatic hydroxyl groups is 1. The highest BCUT2D eigenvalue weighted by Gasteiger charge is 2.27. The molecule has 2 atom stereocenters. The molecule has 0 aliphatic carbocycles. The fourth-order valence-electron chi connectivity index (χ4n) is 1.39. The van der Waals surface area contributed by atoms with E-state index < -0.39 is 6.10 Å². The third kappa shape index (κ3) is 2.76. The first-order chi connectivity index (χ1) is 6.13. The quantitative estimate of drug-likeness (QED) is 0.536. The Morgan fingerprint density at radius 3 is 2.62 bits per heavy atom. The summed E-state index contributed by atoms with van der Waals surface area (Å²) in [6, 6.07) is -0.217. The number of nitrogens with one attached hydrogen (secondary N) is 2. The third-order valence-electron chi connectivity index (χ3n) is 2.31. The van der Waals surface area contributed by atoms with Crippen molar-refractivity contribution >= 4 is 5.78 Å². The van der Waals surface area contributed by atoms with Gasteiger partial charge in [0.15, 0.2) is 5.78 Å². The zero-order valence-corrected chi connectivity index (χ0v) is 8.21. The molecule has 1 rings (SSSR count). The van der Waals surface area contributed by atoms with Crippen LogP contribution in [0.3, 0.4) is 0 Å². The molecule has 0 aromatic heterocycles. The summed E-state index contributed by atoms with van der Waals surface area (Å²) in [6.07, 6.45) is -0.836. The first kappa shape index (κ1) is 10.6. The summed E-state index contributed by atoms with van der Waals surface area (Å²) in [6.45, 7) is 6.00. The van der Waals surface area contributed by atoms with Crippen molar-refractivity contribution in [1.82, 2.24) is 10.6 Å². The van der Waals surface area contributed by atoms with E-state index in [0.29, 0.717) is 6.54 Å². The minimum Gasteiger partial charge on any atom is -0.385 e. The molecule has 4 nitrogen and oxygen atoms in total. The van der Waals surface area contributed by atoms with Gasteiger partial charge < -0.3 is 15.7 Å². The maximum atomic E-state index is 11.6. The van der Waals surface area contributed by atoms with Gasteiger partial charge in [-0.25, -0.2) is 0 Å². The van der Waals surface area contributed by atoms with Gasteiger partial charge in [-0.2, -0.15) is 0 Å². The van der Waals surface area contributed by atoms with Gasteiger partial charge in [-0.05, 0) is 5.92 Å². The smallest absolute Gasteiger partial charge is 0.179 e. The second-order valence-corrected chi connectivity index (χ2v) is 3.80. The molecule has 3 N–H and O–H groups in total. The molecule has 0 amide bonds. The standard InChI is InChI=1S/C9H18N2O2/c1-6(2)8(12)9(13)7-5-10-3-4-11-7/h6-8,10-12H,3-5H2,1-2H3/t7?,8-/m0/s1. The van der Waals surface area contributed by atoms with Gasteiger partial charge in [0.25, 0.3) is 0 Å². The van der Waals surface area contributed by atoms with E-state index in [0.717, 1.165) is 13.1 Å². The summed E-state index contributed by atoms with van der Waals surface area (Å²) in [5, 5.41) is 15.7. The fraction of sp³-hybridized carbons (Fsp3) is 0.889. The van der Waals surface area contributed by atoms with Crippen LogP contribution >= 0.6 is 0 Å². The molecule has 13 heavy (non-hydrogen) atoms. The summed E-state index contributed by atoms with van der Waals surface area (Å²) >= 11 is 0. The minimum atomic E-state index is -0.836. The zero-order valence-electron chi connectivity index (χ0n) is 8.21. The molecule has 76 valence electrons. The lowest BCUT2D eigenvalue weighted by Gasteiger charge is -2.26. The highest BCUT2D eigenvalue weighted by Crippen LogP contribution is 2.05. The Labute approximate surface area is 78.7 Å². The SMILES string of the molecule is CC(C)[C@H](O)C(=O)C1CNCCN1. The van der Waals surface area contributed by atoms with Crippen LogP contribution in [-0.4, -0.2) is 42.7 Å². The van der Waals surface area contributed by atoms with Crippen molar-refractivity contribution in [3.63, 3.8) is 0 Å². The van der Waals surface area contributed by atoms with Gasteiger partial charge in [0.05, 0.1) is 6.04 Å². The van der Waals surface area contributed by atoms with E-state index in [9.17, 15) is 9.90 Å². The molecule has 0 radical (unpaired) electrons. The van der Waals surface area contributed by atoms with Crippen LogP contribution < -0.4 is 10.6 Å². The van der Waals surface area contributed by atoms with Gasteiger partial charge in [0.2, 0.25) is 0 Å². The molecule has 1 heterocycles. The Morgan fingerprint density at radius 1 is 1.46 bits per heavy atom. The summed E-state index contributed by atoms with van der Waals surface area (Å²) in [5.41, 5.74) is 0. The molecular weight excluding hydrogens is 168 g/mol. The van der Waals surface area contributed by atoms with Crippen molar-refractivity contribution in [2.24, 2.45) is 5.92 Å². The molecule has 4 heteroatoms. The Morgan fingerprint density at radius 2 is 2.15 bits per heavy atom. The Balaban J connectivity index is 2.45.